The van der Waals surface area contributed by atoms with Crippen molar-refractivity contribution < 1.29 is 27.5 Å². The van der Waals surface area contributed by atoms with E-state index in [1.165, 1.54) is 4.90 Å². The van der Waals surface area contributed by atoms with Gasteiger partial charge in [-0.15, -0.1) is 0 Å². The molecule has 0 saturated carbocycles. The fourth-order valence-electron chi connectivity index (χ4n) is 3.70. The number of carbonyl (C=O) groups is 2. The number of ketones is 1. The number of rotatable bonds is 5. The maximum absolute atomic E-state index is 13.6. The Morgan fingerprint density at radius 2 is 1.73 bits per heavy atom. The van der Waals surface area contributed by atoms with Gasteiger partial charge in [0.2, 0.25) is 0 Å². The van der Waals surface area contributed by atoms with Gasteiger partial charge in [-0.1, -0.05) is 0 Å². The van der Waals surface area contributed by atoms with E-state index in [-0.39, 0.29) is 24.8 Å². The van der Waals surface area contributed by atoms with E-state index < -0.39 is 29.4 Å². The smallest absolute Gasteiger partial charge is 0.433 e. The Hall–Kier alpha value is -2.84. The SMILES string of the molecule is COc1ccc(C(=O)C2CCN(C(=O)c3cnn(C(C)C)c3C(F)(F)F)CC2)cc1. The van der Waals surface area contributed by atoms with Gasteiger partial charge in [0.15, 0.2) is 11.5 Å². The highest BCUT2D eigenvalue weighted by Gasteiger charge is 2.42. The Bertz CT molecular complexity index is 912. The van der Waals surface area contributed by atoms with Crippen molar-refractivity contribution in [2.24, 2.45) is 5.92 Å². The average molecular weight is 423 g/mol. The lowest BCUT2D eigenvalue weighted by molar-refractivity contribution is -0.145. The van der Waals surface area contributed by atoms with Crippen LogP contribution in [0, 0.1) is 5.92 Å². The molecule has 1 fully saturated rings. The summed E-state index contributed by atoms with van der Waals surface area (Å²) >= 11 is 0. The Morgan fingerprint density at radius 3 is 2.23 bits per heavy atom. The Kier molecular flexibility index (Phi) is 6.19. The number of Topliss-reactive ketones (excluding diaryl/α,β-unsaturated/α-hetero) is 1. The minimum atomic E-state index is -4.69. The summed E-state index contributed by atoms with van der Waals surface area (Å²) in [5.41, 5.74) is -0.923. The van der Waals surface area contributed by atoms with E-state index in [1.807, 2.05) is 0 Å². The van der Waals surface area contributed by atoms with Gasteiger partial charge in [0.25, 0.3) is 5.91 Å². The molecule has 9 heteroatoms. The number of halogens is 3. The van der Waals surface area contributed by atoms with Crippen molar-refractivity contribution in [2.75, 3.05) is 20.2 Å². The van der Waals surface area contributed by atoms with Gasteiger partial charge in [-0.05, 0) is 51.0 Å². The second kappa shape index (κ2) is 8.49. The van der Waals surface area contributed by atoms with Crippen LogP contribution in [0.1, 0.15) is 59.1 Å². The van der Waals surface area contributed by atoms with Crippen LogP contribution in [0.5, 0.6) is 5.75 Å². The second-order valence-electron chi connectivity index (χ2n) is 7.60. The molecule has 2 heterocycles. The van der Waals surface area contributed by atoms with E-state index in [2.05, 4.69) is 5.10 Å². The summed E-state index contributed by atoms with van der Waals surface area (Å²) in [4.78, 5) is 26.9. The lowest BCUT2D eigenvalue weighted by atomic mass is 9.88. The monoisotopic (exact) mass is 423 g/mol. The summed E-state index contributed by atoms with van der Waals surface area (Å²) in [5, 5.41) is 3.78. The van der Waals surface area contributed by atoms with Crippen LogP contribution in [0.25, 0.3) is 0 Å². The van der Waals surface area contributed by atoms with Crippen molar-refractivity contribution in [2.45, 2.75) is 38.9 Å². The van der Waals surface area contributed by atoms with E-state index in [4.69, 9.17) is 4.74 Å². The molecule has 0 N–H and O–H groups in total. The highest BCUT2D eigenvalue weighted by molar-refractivity contribution is 5.98. The molecule has 3 rings (SSSR count). The third-order valence-electron chi connectivity index (χ3n) is 5.31. The van der Waals surface area contributed by atoms with Crippen molar-refractivity contribution in [3.63, 3.8) is 0 Å². The Balaban J connectivity index is 1.71. The summed E-state index contributed by atoms with van der Waals surface area (Å²) in [6.07, 6.45) is -2.90. The van der Waals surface area contributed by atoms with Gasteiger partial charge in [0, 0.05) is 30.6 Å². The molecule has 0 spiro atoms. The van der Waals surface area contributed by atoms with Crippen LogP contribution in [0.3, 0.4) is 0 Å². The topological polar surface area (TPSA) is 64.4 Å². The number of likely N-dealkylation sites (tertiary alicyclic amines) is 1. The minimum absolute atomic E-state index is 0.0339. The third-order valence-corrected chi connectivity index (χ3v) is 5.31. The standard InChI is InChI=1S/C21H24F3N3O3/c1-13(2)27-19(21(22,23)24)17(12-25-27)20(29)26-10-8-15(9-11-26)18(28)14-4-6-16(30-3)7-5-14/h4-7,12-13,15H,8-11H2,1-3H3. The van der Waals surface area contributed by atoms with E-state index in [0.29, 0.717) is 24.2 Å². The van der Waals surface area contributed by atoms with Crippen LogP contribution in [0.15, 0.2) is 30.5 Å². The summed E-state index contributed by atoms with van der Waals surface area (Å²) in [5.74, 6) is -0.366. The number of hydrogen-bond acceptors (Lipinski definition) is 4. The van der Waals surface area contributed by atoms with Gasteiger partial charge in [0.05, 0.1) is 18.9 Å². The first-order chi connectivity index (χ1) is 14.1. The van der Waals surface area contributed by atoms with E-state index in [9.17, 15) is 22.8 Å². The van der Waals surface area contributed by atoms with Crippen molar-refractivity contribution in [1.82, 2.24) is 14.7 Å². The van der Waals surface area contributed by atoms with Crippen LogP contribution < -0.4 is 4.74 Å². The van der Waals surface area contributed by atoms with Gasteiger partial charge in [-0.3, -0.25) is 14.3 Å². The number of amides is 1. The summed E-state index contributed by atoms with van der Waals surface area (Å²) in [6.45, 7) is 3.59. The van der Waals surface area contributed by atoms with Gasteiger partial charge in [-0.2, -0.15) is 18.3 Å². The van der Waals surface area contributed by atoms with Crippen molar-refractivity contribution in [3.8, 4) is 5.75 Å². The predicted molar refractivity (Wildman–Crippen MR) is 104 cm³/mol. The molecule has 0 radical (unpaired) electrons. The number of alkyl halides is 3. The summed E-state index contributed by atoms with van der Waals surface area (Å²) in [6, 6.07) is 6.26. The molecule has 0 unspecified atom stereocenters. The Labute approximate surface area is 172 Å². The van der Waals surface area contributed by atoms with Crippen LogP contribution in [-0.2, 0) is 6.18 Å². The lowest BCUT2D eigenvalue weighted by Gasteiger charge is -2.31. The first-order valence-corrected chi connectivity index (χ1v) is 9.75. The summed E-state index contributed by atoms with van der Waals surface area (Å²) < 4.78 is 46.6. The molecule has 1 saturated heterocycles. The highest BCUT2D eigenvalue weighted by atomic mass is 19.4. The van der Waals surface area contributed by atoms with Crippen molar-refractivity contribution >= 4 is 11.7 Å². The number of benzene rings is 1. The van der Waals surface area contributed by atoms with Crippen molar-refractivity contribution in [3.05, 3.63) is 47.3 Å². The molecular weight excluding hydrogens is 399 g/mol. The number of carbonyl (C=O) groups excluding carboxylic acids is 2. The maximum Gasteiger partial charge on any atom is 0.433 e. The molecule has 1 aromatic heterocycles. The zero-order chi connectivity index (χ0) is 22.1. The van der Waals surface area contributed by atoms with E-state index in [1.54, 1.807) is 45.2 Å². The predicted octanol–water partition coefficient (Wildman–Crippen LogP) is 4.23. The van der Waals surface area contributed by atoms with Gasteiger partial charge < -0.3 is 9.64 Å². The molecule has 6 nitrogen and oxygen atoms in total. The largest absolute Gasteiger partial charge is 0.497 e. The number of methoxy groups -OCH3 is 1. The number of nitrogens with zero attached hydrogens (tertiary/aromatic N) is 3. The molecule has 0 atom stereocenters. The minimum Gasteiger partial charge on any atom is -0.497 e. The molecule has 0 aliphatic carbocycles. The van der Waals surface area contributed by atoms with Crippen molar-refractivity contribution in [1.29, 1.82) is 0 Å². The highest BCUT2D eigenvalue weighted by Crippen LogP contribution is 2.34. The van der Waals surface area contributed by atoms with Crippen LogP contribution in [0.4, 0.5) is 13.2 Å². The van der Waals surface area contributed by atoms with Gasteiger partial charge >= 0.3 is 6.18 Å². The maximum atomic E-state index is 13.6. The Morgan fingerprint density at radius 1 is 1.13 bits per heavy atom. The molecule has 2 aromatic rings. The molecule has 1 aromatic carbocycles. The summed E-state index contributed by atoms with van der Waals surface area (Å²) in [7, 11) is 1.54. The molecule has 1 aliphatic heterocycles. The average Bonchev–Trinajstić information content (AvgIpc) is 3.19. The fourth-order valence-corrected chi connectivity index (χ4v) is 3.70. The van der Waals surface area contributed by atoms with Crippen LogP contribution in [0.2, 0.25) is 0 Å². The normalized spacial score (nSPS) is 15.5. The molecular formula is C21H24F3N3O3. The van der Waals surface area contributed by atoms with Crippen LogP contribution >= 0.6 is 0 Å². The molecule has 1 aliphatic rings. The molecule has 0 bridgehead atoms. The van der Waals surface area contributed by atoms with E-state index in [0.717, 1.165) is 10.9 Å². The van der Waals surface area contributed by atoms with Gasteiger partial charge in [0.1, 0.15) is 5.75 Å². The number of hydrogen-bond donors (Lipinski definition) is 0. The molecule has 1 amide bonds. The third kappa shape index (κ3) is 4.34. The first kappa shape index (κ1) is 21.9. The van der Waals surface area contributed by atoms with Gasteiger partial charge in [-0.25, -0.2) is 0 Å². The second-order valence-corrected chi connectivity index (χ2v) is 7.60. The number of ether oxygens (including phenoxy) is 1. The quantitative estimate of drug-likeness (QED) is 0.676. The first-order valence-electron chi connectivity index (χ1n) is 9.75. The molecule has 162 valence electrons. The lowest BCUT2D eigenvalue weighted by Crippen LogP contribution is -2.41. The number of piperidine rings is 1. The number of aromatic nitrogens is 2. The van der Waals surface area contributed by atoms with Crippen LogP contribution in [-0.4, -0.2) is 46.6 Å². The van der Waals surface area contributed by atoms with E-state index >= 15 is 0 Å². The fraction of sp³-hybridized carbons (Fsp3) is 0.476. The molecule has 30 heavy (non-hydrogen) atoms. The zero-order valence-electron chi connectivity index (χ0n) is 17.1. The zero-order valence-corrected chi connectivity index (χ0v) is 17.1.